The molecule has 2 rings (SSSR count). The number of rotatable bonds is 8. The Kier molecular flexibility index (Phi) is 6.63. The first kappa shape index (κ1) is 17.0. The first-order valence-corrected chi connectivity index (χ1v) is 8.06. The number of nitrogens with one attached hydrogen (secondary N) is 2. The van der Waals surface area contributed by atoms with Crippen LogP contribution in [-0.2, 0) is 17.6 Å². The summed E-state index contributed by atoms with van der Waals surface area (Å²) in [4.78, 5) is 11.4. The van der Waals surface area contributed by atoms with Gasteiger partial charge in [0.15, 0.2) is 0 Å². The van der Waals surface area contributed by atoms with Gasteiger partial charge in [-0.05, 0) is 42.5 Å². The summed E-state index contributed by atoms with van der Waals surface area (Å²) in [6, 6.07) is 18.7. The van der Waals surface area contributed by atoms with E-state index < -0.39 is 0 Å². The fourth-order valence-electron chi connectivity index (χ4n) is 2.52. The van der Waals surface area contributed by atoms with Crippen molar-refractivity contribution in [1.29, 1.82) is 0 Å². The number of hydrogen-bond donors (Lipinski definition) is 3. The highest BCUT2D eigenvalue weighted by Gasteiger charge is 2.11. The van der Waals surface area contributed by atoms with Gasteiger partial charge in [0.05, 0.1) is 0 Å². The van der Waals surface area contributed by atoms with Crippen molar-refractivity contribution in [2.45, 2.75) is 26.2 Å². The van der Waals surface area contributed by atoms with E-state index in [1.54, 1.807) is 0 Å². The average Bonchev–Trinajstić information content (AvgIpc) is 2.60. The number of hydrogen-bond acceptors (Lipinski definition) is 3. The van der Waals surface area contributed by atoms with Gasteiger partial charge in [-0.15, -0.1) is 0 Å². The van der Waals surface area contributed by atoms with E-state index in [1.807, 2.05) is 13.0 Å². The molecular weight excluding hydrogens is 286 g/mol. The summed E-state index contributed by atoms with van der Waals surface area (Å²) in [5.74, 6) is 4.90. The largest absolute Gasteiger partial charge is 0.385 e. The Morgan fingerprint density at radius 2 is 1.74 bits per heavy atom. The number of nitrogens with two attached hydrogens (primary N) is 1. The zero-order valence-corrected chi connectivity index (χ0v) is 13.6. The first-order chi connectivity index (χ1) is 11.2. The van der Waals surface area contributed by atoms with Crippen LogP contribution in [0.3, 0.4) is 0 Å². The third kappa shape index (κ3) is 5.75. The van der Waals surface area contributed by atoms with Gasteiger partial charge in [0.1, 0.15) is 0 Å². The molecule has 0 radical (unpaired) electrons. The van der Waals surface area contributed by atoms with Gasteiger partial charge in [-0.2, -0.15) is 0 Å². The quantitative estimate of drug-likeness (QED) is 0.304. The number of benzene rings is 2. The smallest absolute Gasteiger partial charge is 0.237 e. The predicted molar refractivity (Wildman–Crippen MR) is 94.9 cm³/mol. The second-order valence-corrected chi connectivity index (χ2v) is 5.83. The van der Waals surface area contributed by atoms with Crippen LogP contribution in [0.2, 0.25) is 0 Å². The normalized spacial score (nSPS) is 11.7. The predicted octanol–water partition coefficient (Wildman–Crippen LogP) is 2.90. The van der Waals surface area contributed by atoms with Crippen molar-refractivity contribution in [1.82, 2.24) is 5.43 Å². The van der Waals surface area contributed by atoms with Crippen LogP contribution in [0, 0.1) is 5.92 Å². The van der Waals surface area contributed by atoms with E-state index in [9.17, 15) is 4.79 Å². The Bertz CT molecular complexity index is 596. The standard InChI is InChI=1S/C19H25N3O/c1-15(19(23)22-20)14-17-9-11-18(12-10-17)21-13-5-8-16-6-3-2-4-7-16/h2-4,6-7,9-12,15,21H,5,8,13-14,20H2,1H3,(H,22,23). The summed E-state index contributed by atoms with van der Waals surface area (Å²) in [5.41, 5.74) is 5.81. The maximum Gasteiger partial charge on any atom is 0.237 e. The molecule has 4 heteroatoms. The summed E-state index contributed by atoms with van der Waals surface area (Å²) in [5, 5.41) is 3.43. The minimum Gasteiger partial charge on any atom is -0.385 e. The number of aryl methyl sites for hydroxylation is 1. The third-order valence-electron chi connectivity index (χ3n) is 3.90. The van der Waals surface area contributed by atoms with Gasteiger partial charge in [0.2, 0.25) is 5.91 Å². The van der Waals surface area contributed by atoms with Gasteiger partial charge < -0.3 is 5.32 Å². The lowest BCUT2D eigenvalue weighted by Gasteiger charge is -2.11. The van der Waals surface area contributed by atoms with Gasteiger partial charge in [0.25, 0.3) is 0 Å². The molecule has 0 aromatic heterocycles. The molecule has 1 amide bonds. The lowest BCUT2D eigenvalue weighted by molar-refractivity contribution is -0.124. The first-order valence-electron chi connectivity index (χ1n) is 8.06. The van der Waals surface area contributed by atoms with Gasteiger partial charge in [0, 0.05) is 18.2 Å². The van der Waals surface area contributed by atoms with E-state index in [-0.39, 0.29) is 11.8 Å². The Balaban J connectivity index is 1.73. The number of hydrazine groups is 1. The lowest BCUT2D eigenvalue weighted by atomic mass is 10.0. The molecular formula is C19H25N3O. The van der Waals surface area contributed by atoms with Crippen molar-refractivity contribution in [2.24, 2.45) is 11.8 Å². The van der Waals surface area contributed by atoms with Crippen LogP contribution in [0.4, 0.5) is 5.69 Å². The summed E-state index contributed by atoms with van der Waals surface area (Å²) in [6.45, 7) is 2.82. The highest BCUT2D eigenvalue weighted by atomic mass is 16.2. The summed E-state index contributed by atoms with van der Waals surface area (Å²) in [6.07, 6.45) is 2.87. The Morgan fingerprint density at radius 3 is 2.39 bits per heavy atom. The molecule has 2 aromatic carbocycles. The molecule has 2 aromatic rings. The molecule has 23 heavy (non-hydrogen) atoms. The molecule has 4 N–H and O–H groups in total. The van der Waals surface area contributed by atoms with Crippen LogP contribution in [-0.4, -0.2) is 12.5 Å². The highest BCUT2D eigenvalue weighted by Crippen LogP contribution is 2.13. The molecule has 0 saturated carbocycles. The van der Waals surface area contributed by atoms with E-state index in [0.717, 1.165) is 30.6 Å². The lowest BCUT2D eigenvalue weighted by Crippen LogP contribution is -2.35. The van der Waals surface area contributed by atoms with Crippen molar-refractivity contribution in [3.05, 3.63) is 65.7 Å². The summed E-state index contributed by atoms with van der Waals surface area (Å²) < 4.78 is 0. The van der Waals surface area contributed by atoms with E-state index in [0.29, 0.717) is 6.42 Å². The van der Waals surface area contributed by atoms with E-state index >= 15 is 0 Å². The second-order valence-electron chi connectivity index (χ2n) is 5.83. The molecule has 0 fully saturated rings. The monoisotopic (exact) mass is 311 g/mol. The second kappa shape index (κ2) is 8.96. The zero-order valence-electron chi connectivity index (χ0n) is 13.6. The van der Waals surface area contributed by atoms with Crippen LogP contribution in [0.5, 0.6) is 0 Å². The van der Waals surface area contributed by atoms with Gasteiger partial charge in [-0.3, -0.25) is 10.2 Å². The number of amides is 1. The minimum absolute atomic E-state index is 0.121. The van der Waals surface area contributed by atoms with E-state index in [1.165, 1.54) is 5.56 Å². The molecule has 0 spiro atoms. The van der Waals surface area contributed by atoms with Crippen LogP contribution < -0.4 is 16.6 Å². The number of carbonyl (C=O) groups is 1. The molecule has 0 heterocycles. The van der Waals surface area contributed by atoms with Crippen molar-refractivity contribution in [2.75, 3.05) is 11.9 Å². The van der Waals surface area contributed by atoms with Gasteiger partial charge >= 0.3 is 0 Å². The SMILES string of the molecule is CC(Cc1ccc(NCCCc2ccccc2)cc1)C(=O)NN. The minimum atomic E-state index is -0.131. The van der Waals surface area contributed by atoms with Crippen LogP contribution in [0.15, 0.2) is 54.6 Å². The number of anilines is 1. The molecule has 4 nitrogen and oxygen atoms in total. The van der Waals surface area contributed by atoms with Crippen molar-refractivity contribution >= 4 is 11.6 Å². The molecule has 0 aliphatic heterocycles. The fourth-order valence-corrected chi connectivity index (χ4v) is 2.52. The maximum atomic E-state index is 11.4. The molecule has 122 valence electrons. The Labute approximate surface area is 138 Å². The molecule has 1 atom stereocenters. The number of carbonyl (C=O) groups excluding carboxylic acids is 1. The van der Waals surface area contributed by atoms with Crippen molar-refractivity contribution in [3.8, 4) is 0 Å². The zero-order chi connectivity index (χ0) is 16.5. The topological polar surface area (TPSA) is 67.2 Å². The molecule has 0 aliphatic carbocycles. The highest BCUT2D eigenvalue weighted by molar-refractivity contribution is 5.77. The Morgan fingerprint density at radius 1 is 1.04 bits per heavy atom. The van der Waals surface area contributed by atoms with Crippen LogP contribution >= 0.6 is 0 Å². The summed E-state index contributed by atoms with van der Waals surface area (Å²) >= 11 is 0. The van der Waals surface area contributed by atoms with E-state index in [4.69, 9.17) is 5.84 Å². The maximum absolute atomic E-state index is 11.4. The Hall–Kier alpha value is -2.33. The van der Waals surface area contributed by atoms with E-state index in [2.05, 4.69) is 59.3 Å². The molecule has 1 unspecified atom stereocenters. The van der Waals surface area contributed by atoms with Gasteiger partial charge in [-0.25, -0.2) is 5.84 Å². The fraction of sp³-hybridized carbons (Fsp3) is 0.316. The van der Waals surface area contributed by atoms with Crippen molar-refractivity contribution < 1.29 is 4.79 Å². The average molecular weight is 311 g/mol. The molecule has 0 bridgehead atoms. The van der Waals surface area contributed by atoms with Crippen molar-refractivity contribution in [3.63, 3.8) is 0 Å². The molecule has 0 aliphatic rings. The van der Waals surface area contributed by atoms with Crippen LogP contribution in [0.1, 0.15) is 24.5 Å². The molecule has 0 saturated heterocycles. The summed E-state index contributed by atoms with van der Waals surface area (Å²) in [7, 11) is 0. The third-order valence-corrected chi connectivity index (χ3v) is 3.90. The van der Waals surface area contributed by atoms with Crippen LogP contribution in [0.25, 0.3) is 0 Å². The van der Waals surface area contributed by atoms with Gasteiger partial charge in [-0.1, -0.05) is 49.4 Å².